The maximum atomic E-state index is 15.0. The number of aliphatic hydroxyl groups is 1. The lowest BCUT2D eigenvalue weighted by atomic mass is 9.92. The Morgan fingerprint density at radius 1 is 1.30 bits per heavy atom. The molecule has 7 heteroatoms. The van der Waals surface area contributed by atoms with Crippen molar-refractivity contribution in [2.45, 2.75) is 45.8 Å². The molecule has 1 heterocycles. The minimum atomic E-state index is -0.704. The number of nitrogens with two attached hydrogens (primary N) is 1. The molecule has 1 aliphatic heterocycles. The second-order valence-corrected chi connectivity index (χ2v) is 8.52. The zero-order valence-corrected chi connectivity index (χ0v) is 19.6. The van der Waals surface area contributed by atoms with E-state index in [2.05, 4.69) is 10.3 Å². The summed E-state index contributed by atoms with van der Waals surface area (Å²) in [7, 11) is 1.70. The number of aliphatic hydroxyl groups excluding tert-OH is 1. The van der Waals surface area contributed by atoms with Gasteiger partial charge in [-0.1, -0.05) is 24.3 Å². The van der Waals surface area contributed by atoms with E-state index in [0.29, 0.717) is 30.7 Å². The quantitative estimate of drug-likeness (QED) is 0.585. The second kappa shape index (κ2) is 10.7. The molecule has 0 saturated carbocycles. The van der Waals surface area contributed by atoms with Crippen molar-refractivity contribution in [3.8, 4) is 0 Å². The fourth-order valence-corrected chi connectivity index (χ4v) is 3.97. The van der Waals surface area contributed by atoms with Crippen LogP contribution in [0.15, 0.2) is 41.0 Å². The van der Waals surface area contributed by atoms with E-state index in [4.69, 9.17) is 10.5 Å². The highest BCUT2D eigenvalue weighted by Crippen LogP contribution is 2.25. The van der Waals surface area contributed by atoms with Crippen LogP contribution in [0.25, 0.3) is 5.57 Å². The van der Waals surface area contributed by atoms with Gasteiger partial charge in [0, 0.05) is 31.1 Å². The monoisotopic (exact) mass is 453 g/mol. The van der Waals surface area contributed by atoms with Gasteiger partial charge in [-0.05, 0) is 67.5 Å². The number of hydrogen-bond acceptors (Lipinski definition) is 5. The first-order valence-electron chi connectivity index (χ1n) is 11.1. The largest absolute Gasteiger partial charge is 0.402 e. The lowest BCUT2D eigenvalue weighted by molar-refractivity contribution is -0.0140. The number of nitrogens with one attached hydrogen (secondary N) is 1. The third kappa shape index (κ3) is 5.67. The van der Waals surface area contributed by atoms with Crippen LogP contribution in [0.2, 0.25) is 0 Å². The number of rotatable bonds is 6. The summed E-state index contributed by atoms with van der Waals surface area (Å²) in [5.74, 6) is -1.09. The Morgan fingerprint density at radius 3 is 2.61 bits per heavy atom. The van der Waals surface area contributed by atoms with Crippen molar-refractivity contribution < 1.29 is 19.0 Å². The van der Waals surface area contributed by atoms with E-state index in [9.17, 15) is 14.3 Å². The zero-order valence-electron chi connectivity index (χ0n) is 19.6. The van der Waals surface area contributed by atoms with Crippen LogP contribution in [-0.2, 0) is 11.2 Å². The molecule has 1 fully saturated rings. The molecular weight excluding hydrogens is 421 g/mol. The van der Waals surface area contributed by atoms with Gasteiger partial charge in [0.2, 0.25) is 0 Å². The third-order valence-electron chi connectivity index (χ3n) is 6.15. The summed E-state index contributed by atoms with van der Waals surface area (Å²) in [6.45, 7) is 6.03. The normalized spacial score (nSPS) is 19.5. The average Bonchev–Trinajstić information content (AvgIpc) is 2.79. The van der Waals surface area contributed by atoms with Crippen LogP contribution in [0.3, 0.4) is 0 Å². The van der Waals surface area contributed by atoms with Gasteiger partial charge in [-0.3, -0.25) is 9.79 Å². The van der Waals surface area contributed by atoms with Gasteiger partial charge < -0.3 is 20.9 Å². The van der Waals surface area contributed by atoms with Gasteiger partial charge in [0.25, 0.3) is 5.91 Å². The molecule has 1 aliphatic rings. The van der Waals surface area contributed by atoms with E-state index in [-0.39, 0.29) is 12.2 Å². The van der Waals surface area contributed by atoms with Gasteiger partial charge in [-0.2, -0.15) is 0 Å². The molecule has 33 heavy (non-hydrogen) atoms. The van der Waals surface area contributed by atoms with Crippen molar-refractivity contribution in [2.75, 3.05) is 20.3 Å². The van der Waals surface area contributed by atoms with Crippen LogP contribution in [0, 0.1) is 19.7 Å². The Kier molecular flexibility index (Phi) is 8.00. The van der Waals surface area contributed by atoms with Crippen molar-refractivity contribution >= 4 is 17.7 Å². The number of nitrogens with zero attached hydrogens (tertiary/aromatic N) is 1. The van der Waals surface area contributed by atoms with Crippen molar-refractivity contribution in [3.63, 3.8) is 0 Å². The first-order chi connectivity index (χ1) is 15.7. The Bertz CT molecular complexity index is 1070. The summed E-state index contributed by atoms with van der Waals surface area (Å²) in [6.07, 6.45) is 2.01. The second-order valence-electron chi connectivity index (χ2n) is 8.52. The van der Waals surface area contributed by atoms with Gasteiger partial charge in [-0.25, -0.2) is 4.39 Å². The molecule has 3 rings (SSSR count). The number of hydrogen-bond donors (Lipinski definition) is 3. The summed E-state index contributed by atoms with van der Waals surface area (Å²) in [4.78, 5) is 16.9. The SMILES string of the molecule is CN=CC(=C(C)N)c1ccc(Cc2cc(C(=O)N[C@H]3COCC[C@@H]3O)c(F)c(C)c2C)cc1. The first-order valence-corrected chi connectivity index (χ1v) is 11.1. The number of benzene rings is 2. The van der Waals surface area contributed by atoms with Gasteiger partial charge in [0.05, 0.1) is 24.3 Å². The fourth-order valence-electron chi connectivity index (χ4n) is 3.97. The summed E-state index contributed by atoms with van der Waals surface area (Å²) < 4.78 is 20.3. The van der Waals surface area contributed by atoms with E-state index in [1.54, 1.807) is 26.3 Å². The molecule has 2 aromatic carbocycles. The van der Waals surface area contributed by atoms with Crippen LogP contribution in [-0.4, -0.2) is 49.6 Å². The molecule has 4 N–H and O–H groups in total. The molecule has 2 aromatic rings. The average molecular weight is 454 g/mol. The molecule has 2 atom stereocenters. The molecule has 0 aromatic heterocycles. The lowest BCUT2D eigenvalue weighted by Gasteiger charge is -2.28. The van der Waals surface area contributed by atoms with Gasteiger partial charge in [-0.15, -0.1) is 0 Å². The Labute approximate surface area is 194 Å². The van der Waals surface area contributed by atoms with Crippen molar-refractivity contribution in [1.29, 1.82) is 0 Å². The minimum absolute atomic E-state index is 0.0226. The molecule has 1 saturated heterocycles. The predicted octanol–water partition coefficient (Wildman–Crippen LogP) is 3.30. The number of aliphatic imine (C=N–C) groups is 1. The molecule has 0 radical (unpaired) electrons. The number of carbonyl (C=O) groups excluding carboxylic acids is 1. The number of halogens is 1. The number of carbonyl (C=O) groups is 1. The fraction of sp³-hybridized carbons (Fsp3) is 0.385. The van der Waals surface area contributed by atoms with E-state index >= 15 is 0 Å². The lowest BCUT2D eigenvalue weighted by Crippen LogP contribution is -2.49. The molecule has 0 aliphatic carbocycles. The van der Waals surface area contributed by atoms with Gasteiger partial charge in [0.15, 0.2) is 0 Å². The van der Waals surface area contributed by atoms with Crippen molar-refractivity contribution in [2.24, 2.45) is 10.7 Å². The summed E-state index contributed by atoms with van der Waals surface area (Å²) in [5.41, 5.74) is 11.6. The Morgan fingerprint density at radius 2 is 2.00 bits per heavy atom. The van der Waals surface area contributed by atoms with Crippen molar-refractivity contribution in [3.05, 3.63) is 75.2 Å². The van der Waals surface area contributed by atoms with E-state index in [0.717, 1.165) is 27.8 Å². The highest BCUT2D eigenvalue weighted by Gasteiger charge is 2.27. The van der Waals surface area contributed by atoms with Crippen LogP contribution < -0.4 is 11.1 Å². The smallest absolute Gasteiger partial charge is 0.254 e. The Hall–Kier alpha value is -3.03. The van der Waals surface area contributed by atoms with E-state index in [1.807, 2.05) is 38.1 Å². The number of allylic oxidation sites excluding steroid dienone is 2. The highest BCUT2D eigenvalue weighted by molar-refractivity contribution is 6.10. The summed E-state index contributed by atoms with van der Waals surface area (Å²) in [6, 6.07) is 9.00. The maximum Gasteiger partial charge on any atom is 0.254 e. The van der Waals surface area contributed by atoms with Crippen LogP contribution in [0.4, 0.5) is 4.39 Å². The first kappa shape index (κ1) is 24.6. The van der Waals surface area contributed by atoms with Crippen LogP contribution >= 0.6 is 0 Å². The van der Waals surface area contributed by atoms with E-state index < -0.39 is 23.9 Å². The maximum absolute atomic E-state index is 15.0. The van der Waals surface area contributed by atoms with Crippen LogP contribution in [0.5, 0.6) is 0 Å². The predicted molar refractivity (Wildman–Crippen MR) is 129 cm³/mol. The van der Waals surface area contributed by atoms with Crippen LogP contribution in [0.1, 0.15) is 51.5 Å². The molecule has 1 amide bonds. The topological polar surface area (TPSA) is 96.9 Å². The Balaban J connectivity index is 1.86. The van der Waals surface area contributed by atoms with Crippen molar-refractivity contribution in [1.82, 2.24) is 5.32 Å². The summed E-state index contributed by atoms with van der Waals surface area (Å²) >= 11 is 0. The molecule has 0 bridgehead atoms. The highest BCUT2D eigenvalue weighted by atomic mass is 19.1. The molecule has 176 valence electrons. The number of ether oxygens (including phenoxy) is 1. The molecule has 6 nitrogen and oxygen atoms in total. The molecule has 0 spiro atoms. The molecular formula is C26H32FN3O3. The third-order valence-corrected chi connectivity index (χ3v) is 6.15. The zero-order chi connectivity index (χ0) is 24.1. The van der Waals surface area contributed by atoms with E-state index in [1.165, 1.54) is 0 Å². The van der Waals surface area contributed by atoms with Gasteiger partial charge >= 0.3 is 0 Å². The summed E-state index contributed by atoms with van der Waals surface area (Å²) in [5, 5.41) is 12.8. The number of amides is 1. The standard InChI is InChI=1S/C26H32FN3O3/c1-15-16(2)25(27)21(26(32)30-23-14-33-10-9-24(23)31)12-20(15)11-18-5-7-19(8-6-18)22(13-29-4)17(3)28/h5-8,12-13,23-24,31H,9-11,14,28H2,1-4H3,(H,30,32)/t23-,24-/m0/s1. The van der Waals surface area contributed by atoms with Gasteiger partial charge in [0.1, 0.15) is 5.82 Å². The molecule has 0 unspecified atom stereocenters. The minimum Gasteiger partial charge on any atom is -0.402 e.